The van der Waals surface area contributed by atoms with Gasteiger partial charge >= 0.3 is 0 Å². The van der Waals surface area contributed by atoms with E-state index in [0.29, 0.717) is 0 Å². The van der Waals surface area contributed by atoms with Crippen molar-refractivity contribution in [2.45, 2.75) is 26.2 Å². The van der Waals surface area contributed by atoms with Gasteiger partial charge in [-0.1, -0.05) is 12.5 Å². The van der Waals surface area contributed by atoms with Crippen LogP contribution in [-0.4, -0.2) is 18.0 Å². The first kappa shape index (κ1) is 6.26. The van der Waals surface area contributed by atoms with Crippen LogP contribution in [0.3, 0.4) is 0 Å². The van der Waals surface area contributed by atoms with Crippen LogP contribution in [0.4, 0.5) is 0 Å². The summed E-state index contributed by atoms with van der Waals surface area (Å²) >= 11 is 0. The van der Waals surface area contributed by atoms with E-state index in [2.05, 4.69) is 18.0 Å². The number of hydrogen-bond acceptors (Lipinski definition) is 1. The van der Waals surface area contributed by atoms with Gasteiger partial charge in [0, 0.05) is 13.1 Å². The molecular weight excluding hydrogens is 122 g/mol. The molecule has 1 heterocycles. The maximum Gasteiger partial charge on any atom is 0.0198 e. The molecule has 1 nitrogen and oxygen atoms in total. The van der Waals surface area contributed by atoms with Crippen molar-refractivity contribution in [1.29, 1.82) is 0 Å². The van der Waals surface area contributed by atoms with Crippen LogP contribution in [0.5, 0.6) is 0 Å². The number of likely N-dealkylation sites (tertiary alicyclic amines) is 1. The van der Waals surface area contributed by atoms with Gasteiger partial charge < -0.3 is 4.90 Å². The fourth-order valence-electron chi connectivity index (χ4n) is 1.55. The topological polar surface area (TPSA) is 3.24 Å². The summed E-state index contributed by atoms with van der Waals surface area (Å²) in [5.74, 6) is 0.926. The van der Waals surface area contributed by atoms with Crippen molar-refractivity contribution >= 4 is 0 Å². The van der Waals surface area contributed by atoms with Crippen LogP contribution in [-0.2, 0) is 0 Å². The number of nitrogens with zero attached hydrogens (tertiary/aromatic N) is 1. The van der Waals surface area contributed by atoms with Gasteiger partial charge in [0.15, 0.2) is 0 Å². The van der Waals surface area contributed by atoms with Crippen LogP contribution < -0.4 is 0 Å². The summed E-state index contributed by atoms with van der Waals surface area (Å²) in [6, 6.07) is 0. The van der Waals surface area contributed by atoms with E-state index in [-0.39, 0.29) is 0 Å². The summed E-state index contributed by atoms with van der Waals surface area (Å²) in [6.45, 7) is 4.93. The highest BCUT2D eigenvalue weighted by molar-refractivity contribution is 5.15. The van der Waals surface area contributed by atoms with Crippen LogP contribution in [0, 0.1) is 5.92 Å². The molecule has 0 bridgehead atoms. The van der Waals surface area contributed by atoms with Crippen molar-refractivity contribution in [3.8, 4) is 0 Å². The lowest BCUT2D eigenvalue weighted by Gasteiger charge is -2.10. The molecule has 10 heavy (non-hydrogen) atoms. The summed E-state index contributed by atoms with van der Waals surface area (Å²) < 4.78 is 0. The van der Waals surface area contributed by atoms with E-state index in [0.717, 1.165) is 5.92 Å². The van der Waals surface area contributed by atoms with E-state index in [1.165, 1.54) is 32.4 Å². The van der Waals surface area contributed by atoms with Crippen molar-refractivity contribution < 1.29 is 0 Å². The van der Waals surface area contributed by atoms with Crippen molar-refractivity contribution in [3.05, 3.63) is 11.8 Å². The van der Waals surface area contributed by atoms with Crippen LogP contribution >= 0.6 is 0 Å². The maximum atomic E-state index is 2.48. The molecule has 1 atom stereocenters. The predicted octanol–water partition coefficient (Wildman–Crippen LogP) is 2.01. The van der Waals surface area contributed by atoms with Gasteiger partial charge in [0.05, 0.1) is 0 Å². The Hall–Kier alpha value is -0.460. The Morgan fingerprint density at radius 3 is 2.80 bits per heavy atom. The SMILES string of the molecule is CC1CCN(C=C2CC2)C1. The molecule has 0 aromatic carbocycles. The van der Waals surface area contributed by atoms with E-state index in [1.54, 1.807) is 5.57 Å². The third kappa shape index (κ3) is 1.34. The lowest BCUT2D eigenvalue weighted by molar-refractivity contribution is 0.446. The average molecular weight is 137 g/mol. The molecule has 0 N–H and O–H groups in total. The lowest BCUT2D eigenvalue weighted by Crippen LogP contribution is -2.11. The van der Waals surface area contributed by atoms with Gasteiger partial charge in [-0.25, -0.2) is 0 Å². The minimum absolute atomic E-state index is 0.926. The van der Waals surface area contributed by atoms with Crippen molar-refractivity contribution in [1.82, 2.24) is 4.90 Å². The Bertz CT molecular complexity index is 154. The number of rotatable bonds is 1. The molecule has 0 radical (unpaired) electrons. The highest BCUT2D eigenvalue weighted by atomic mass is 15.1. The smallest absolute Gasteiger partial charge is 0.0198 e. The highest BCUT2D eigenvalue weighted by Crippen LogP contribution is 2.29. The Balaban J connectivity index is 1.89. The quantitative estimate of drug-likeness (QED) is 0.534. The second-order valence-corrected chi connectivity index (χ2v) is 3.68. The monoisotopic (exact) mass is 137 g/mol. The van der Waals surface area contributed by atoms with Gasteiger partial charge in [0.2, 0.25) is 0 Å². The van der Waals surface area contributed by atoms with Gasteiger partial charge in [0.25, 0.3) is 0 Å². The Kier molecular flexibility index (Phi) is 1.44. The van der Waals surface area contributed by atoms with Crippen molar-refractivity contribution in [2.24, 2.45) is 5.92 Å². The number of hydrogen-bond donors (Lipinski definition) is 0. The molecule has 1 unspecified atom stereocenters. The third-order valence-corrected chi connectivity index (χ3v) is 2.36. The largest absolute Gasteiger partial charge is 0.377 e. The third-order valence-electron chi connectivity index (χ3n) is 2.36. The first-order valence-corrected chi connectivity index (χ1v) is 4.28. The molecule has 2 fully saturated rings. The van der Waals surface area contributed by atoms with Gasteiger partial charge in [-0.3, -0.25) is 0 Å². The zero-order chi connectivity index (χ0) is 6.97. The molecule has 0 aromatic rings. The summed E-state index contributed by atoms with van der Waals surface area (Å²) in [7, 11) is 0. The molecule has 1 saturated carbocycles. The van der Waals surface area contributed by atoms with Crippen LogP contribution in [0.1, 0.15) is 26.2 Å². The molecule has 2 aliphatic rings. The molecule has 0 amide bonds. The number of allylic oxidation sites excluding steroid dienone is 1. The van der Waals surface area contributed by atoms with Gasteiger partial charge in [0.1, 0.15) is 0 Å². The van der Waals surface area contributed by atoms with E-state index in [9.17, 15) is 0 Å². The van der Waals surface area contributed by atoms with E-state index in [1.807, 2.05) is 0 Å². The lowest BCUT2D eigenvalue weighted by atomic mass is 10.2. The van der Waals surface area contributed by atoms with Crippen molar-refractivity contribution in [3.63, 3.8) is 0 Å². The van der Waals surface area contributed by atoms with E-state index >= 15 is 0 Å². The predicted molar refractivity (Wildman–Crippen MR) is 42.7 cm³/mol. The fourth-order valence-corrected chi connectivity index (χ4v) is 1.55. The van der Waals surface area contributed by atoms with E-state index < -0.39 is 0 Å². The van der Waals surface area contributed by atoms with Crippen LogP contribution in [0.15, 0.2) is 11.8 Å². The minimum atomic E-state index is 0.926. The fraction of sp³-hybridized carbons (Fsp3) is 0.778. The summed E-state index contributed by atoms with van der Waals surface area (Å²) in [5.41, 5.74) is 1.66. The second-order valence-electron chi connectivity index (χ2n) is 3.68. The zero-order valence-electron chi connectivity index (χ0n) is 6.64. The normalized spacial score (nSPS) is 31.1. The van der Waals surface area contributed by atoms with Crippen LogP contribution in [0.25, 0.3) is 0 Å². The molecule has 1 heteroatoms. The highest BCUT2D eigenvalue weighted by Gasteiger charge is 2.18. The van der Waals surface area contributed by atoms with Gasteiger partial charge in [-0.05, 0) is 31.4 Å². The van der Waals surface area contributed by atoms with Crippen LogP contribution in [0.2, 0.25) is 0 Å². The molecule has 1 aliphatic heterocycles. The zero-order valence-corrected chi connectivity index (χ0v) is 6.64. The van der Waals surface area contributed by atoms with Gasteiger partial charge in [-0.2, -0.15) is 0 Å². The Labute approximate surface area is 62.7 Å². The van der Waals surface area contributed by atoms with E-state index in [4.69, 9.17) is 0 Å². The summed E-state index contributed by atoms with van der Waals surface area (Å²) in [4.78, 5) is 2.48. The first-order chi connectivity index (χ1) is 4.84. The Morgan fingerprint density at radius 2 is 2.30 bits per heavy atom. The standard InChI is InChI=1S/C9H15N/c1-8-4-5-10(6-8)7-9-2-3-9/h7-8H,2-6H2,1H3. The summed E-state index contributed by atoms with van der Waals surface area (Å²) in [5, 5.41) is 0. The molecule has 1 saturated heterocycles. The maximum absolute atomic E-state index is 2.48. The summed E-state index contributed by atoms with van der Waals surface area (Å²) in [6.07, 6.45) is 6.50. The van der Waals surface area contributed by atoms with Crippen molar-refractivity contribution in [2.75, 3.05) is 13.1 Å². The molecule has 1 aliphatic carbocycles. The average Bonchev–Trinajstić information content (AvgIpc) is 2.59. The van der Waals surface area contributed by atoms with Gasteiger partial charge in [-0.15, -0.1) is 0 Å². The minimum Gasteiger partial charge on any atom is -0.377 e. The molecule has 56 valence electrons. The molecule has 2 rings (SSSR count). The second kappa shape index (κ2) is 2.30. The first-order valence-electron chi connectivity index (χ1n) is 4.28. The molecular formula is C9H15N. The molecule has 0 spiro atoms. The Morgan fingerprint density at radius 1 is 1.50 bits per heavy atom. The molecule has 0 aromatic heterocycles.